The molecule has 1 heterocycles. The number of esters is 1. The van der Waals surface area contributed by atoms with E-state index in [2.05, 4.69) is 26.2 Å². The van der Waals surface area contributed by atoms with Crippen LogP contribution in [0, 0.1) is 6.92 Å². The number of anilines is 3. The Labute approximate surface area is 125 Å². The number of ether oxygens (including phenoxy) is 1. The van der Waals surface area contributed by atoms with Gasteiger partial charge in [0.25, 0.3) is 0 Å². The first-order valence-corrected chi connectivity index (χ1v) is 6.67. The molecule has 20 heavy (non-hydrogen) atoms. The largest absolute Gasteiger partial charge is 0.465 e. The van der Waals surface area contributed by atoms with Crippen LogP contribution in [-0.4, -0.2) is 18.1 Å². The molecule has 6 heteroatoms. The van der Waals surface area contributed by atoms with Gasteiger partial charge in [-0.2, -0.15) is 0 Å². The van der Waals surface area contributed by atoms with Gasteiger partial charge in [0, 0.05) is 10.2 Å². The van der Waals surface area contributed by atoms with Crippen molar-refractivity contribution in [2.45, 2.75) is 6.92 Å². The van der Waals surface area contributed by atoms with Gasteiger partial charge >= 0.3 is 5.97 Å². The molecule has 0 bridgehead atoms. The summed E-state index contributed by atoms with van der Waals surface area (Å²) in [6.07, 6.45) is 1.49. The number of aromatic nitrogens is 1. The van der Waals surface area contributed by atoms with Crippen LogP contribution in [0.2, 0.25) is 0 Å². The van der Waals surface area contributed by atoms with Crippen LogP contribution in [0.3, 0.4) is 0 Å². The van der Waals surface area contributed by atoms with Gasteiger partial charge in [-0.3, -0.25) is 0 Å². The molecule has 0 saturated carbocycles. The number of nitrogens with one attached hydrogen (secondary N) is 1. The van der Waals surface area contributed by atoms with Crippen molar-refractivity contribution in [3.63, 3.8) is 0 Å². The van der Waals surface area contributed by atoms with E-state index in [1.165, 1.54) is 19.4 Å². The molecule has 104 valence electrons. The molecular formula is C14H14BrN3O2. The average molecular weight is 336 g/mol. The number of hydrogen-bond donors (Lipinski definition) is 2. The van der Waals surface area contributed by atoms with Gasteiger partial charge in [-0.05, 0) is 36.8 Å². The highest BCUT2D eigenvalue weighted by atomic mass is 79.9. The summed E-state index contributed by atoms with van der Waals surface area (Å²) in [6.45, 7) is 1.98. The van der Waals surface area contributed by atoms with Crippen molar-refractivity contribution in [2.24, 2.45) is 0 Å². The number of carbonyl (C=O) groups is 1. The molecule has 0 unspecified atom stereocenters. The number of nitrogen functional groups attached to an aromatic ring is 1. The first-order valence-electron chi connectivity index (χ1n) is 5.88. The van der Waals surface area contributed by atoms with Crippen LogP contribution < -0.4 is 11.1 Å². The molecule has 0 atom stereocenters. The highest BCUT2D eigenvalue weighted by Crippen LogP contribution is 2.25. The Morgan fingerprint density at radius 3 is 2.80 bits per heavy atom. The standard InChI is InChI=1S/C14H14BrN3O2/c1-8-5-10(3-4-12(8)15)18-13-11(14(19)20-2)6-9(16)7-17-13/h3-7H,16H2,1-2H3,(H,17,18). The fourth-order valence-electron chi connectivity index (χ4n) is 1.71. The topological polar surface area (TPSA) is 77.2 Å². The highest BCUT2D eigenvalue weighted by molar-refractivity contribution is 9.10. The van der Waals surface area contributed by atoms with Crippen LogP contribution in [0.25, 0.3) is 0 Å². The summed E-state index contributed by atoms with van der Waals surface area (Å²) in [5, 5.41) is 3.09. The summed E-state index contributed by atoms with van der Waals surface area (Å²) in [5.74, 6) is -0.0751. The maximum absolute atomic E-state index is 11.7. The minimum absolute atomic E-state index is 0.299. The summed E-state index contributed by atoms with van der Waals surface area (Å²) in [4.78, 5) is 15.9. The van der Waals surface area contributed by atoms with E-state index in [4.69, 9.17) is 10.5 Å². The summed E-state index contributed by atoms with van der Waals surface area (Å²) >= 11 is 3.44. The van der Waals surface area contributed by atoms with E-state index < -0.39 is 5.97 Å². The summed E-state index contributed by atoms with van der Waals surface area (Å²) in [6, 6.07) is 7.29. The van der Waals surface area contributed by atoms with Crippen molar-refractivity contribution in [1.29, 1.82) is 0 Å². The Morgan fingerprint density at radius 1 is 1.40 bits per heavy atom. The molecule has 0 spiro atoms. The van der Waals surface area contributed by atoms with E-state index in [1.807, 2.05) is 25.1 Å². The third-order valence-electron chi connectivity index (χ3n) is 2.73. The Kier molecular flexibility index (Phi) is 4.24. The van der Waals surface area contributed by atoms with Crippen molar-refractivity contribution in [2.75, 3.05) is 18.2 Å². The first-order chi connectivity index (χ1) is 9.51. The van der Waals surface area contributed by atoms with Gasteiger partial charge in [0.2, 0.25) is 0 Å². The zero-order valence-corrected chi connectivity index (χ0v) is 12.7. The van der Waals surface area contributed by atoms with Crippen molar-refractivity contribution >= 4 is 39.1 Å². The molecule has 0 amide bonds. The number of nitrogens with zero attached hydrogens (tertiary/aromatic N) is 1. The smallest absolute Gasteiger partial charge is 0.341 e. The SMILES string of the molecule is COC(=O)c1cc(N)cnc1Nc1ccc(Br)c(C)c1. The Morgan fingerprint density at radius 2 is 2.15 bits per heavy atom. The zero-order chi connectivity index (χ0) is 14.7. The van der Waals surface area contributed by atoms with Gasteiger partial charge in [-0.25, -0.2) is 9.78 Å². The van der Waals surface area contributed by atoms with E-state index in [-0.39, 0.29) is 0 Å². The highest BCUT2D eigenvalue weighted by Gasteiger charge is 2.14. The number of pyridine rings is 1. The normalized spacial score (nSPS) is 10.2. The molecule has 0 fully saturated rings. The lowest BCUT2D eigenvalue weighted by atomic mass is 10.2. The number of aryl methyl sites for hydroxylation is 1. The van der Waals surface area contributed by atoms with Gasteiger partial charge in [0.15, 0.2) is 0 Å². The van der Waals surface area contributed by atoms with Crippen LogP contribution in [0.15, 0.2) is 34.9 Å². The van der Waals surface area contributed by atoms with Crippen LogP contribution >= 0.6 is 15.9 Å². The number of halogens is 1. The third kappa shape index (κ3) is 3.08. The van der Waals surface area contributed by atoms with E-state index in [0.717, 1.165) is 15.7 Å². The number of methoxy groups -OCH3 is 1. The fraction of sp³-hybridized carbons (Fsp3) is 0.143. The van der Waals surface area contributed by atoms with Crippen molar-refractivity contribution in [3.05, 3.63) is 46.1 Å². The van der Waals surface area contributed by atoms with Gasteiger partial charge < -0.3 is 15.8 Å². The third-order valence-corrected chi connectivity index (χ3v) is 3.62. The number of benzene rings is 1. The van der Waals surface area contributed by atoms with Crippen LogP contribution in [0.4, 0.5) is 17.2 Å². The molecule has 0 saturated heterocycles. The second-order valence-corrected chi connectivity index (χ2v) is 5.10. The molecule has 5 nitrogen and oxygen atoms in total. The maximum atomic E-state index is 11.7. The first kappa shape index (κ1) is 14.3. The molecule has 0 radical (unpaired) electrons. The predicted molar refractivity (Wildman–Crippen MR) is 82.2 cm³/mol. The van der Waals surface area contributed by atoms with Gasteiger partial charge in [-0.1, -0.05) is 15.9 Å². The van der Waals surface area contributed by atoms with E-state index in [1.54, 1.807) is 0 Å². The predicted octanol–water partition coefficient (Wildman–Crippen LogP) is 3.26. The maximum Gasteiger partial charge on any atom is 0.341 e. The molecule has 1 aromatic carbocycles. The number of carbonyl (C=O) groups excluding carboxylic acids is 1. The lowest BCUT2D eigenvalue weighted by Gasteiger charge is -2.11. The molecular weight excluding hydrogens is 322 g/mol. The monoisotopic (exact) mass is 335 g/mol. The van der Waals surface area contributed by atoms with Gasteiger partial charge in [-0.15, -0.1) is 0 Å². The molecule has 0 aliphatic heterocycles. The lowest BCUT2D eigenvalue weighted by molar-refractivity contribution is 0.0601. The average Bonchev–Trinajstić information content (AvgIpc) is 2.44. The summed E-state index contributed by atoms with van der Waals surface area (Å²) in [7, 11) is 1.32. The van der Waals surface area contributed by atoms with Crippen LogP contribution in [0.1, 0.15) is 15.9 Å². The van der Waals surface area contributed by atoms with E-state index >= 15 is 0 Å². The molecule has 0 aliphatic carbocycles. The summed E-state index contributed by atoms with van der Waals surface area (Å²) in [5.41, 5.74) is 8.26. The zero-order valence-electron chi connectivity index (χ0n) is 11.1. The molecule has 1 aromatic heterocycles. The van der Waals surface area contributed by atoms with Crippen molar-refractivity contribution in [3.8, 4) is 0 Å². The van der Waals surface area contributed by atoms with Crippen molar-refractivity contribution < 1.29 is 9.53 Å². The fourth-order valence-corrected chi connectivity index (χ4v) is 1.95. The van der Waals surface area contributed by atoms with Crippen LogP contribution in [-0.2, 0) is 4.74 Å². The minimum Gasteiger partial charge on any atom is -0.465 e. The molecule has 0 aliphatic rings. The molecule has 2 aromatic rings. The van der Waals surface area contributed by atoms with Crippen LogP contribution in [0.5, 0.6) is 0 Å². The Balaban J connectivity index is 2.37. The number of nitrogens with two attached hydrogens (primary N) is 1. The molecule has 3 N–H and O–H groups in total. The Bertz CT molecular complexity index is 659. The number of hydrogen-bond acceptors (Lipinski definition) is 5. The van der Waals surface area contributed by atoms with Gasteiger partial charge in [0.1, 0.15) is 11.4 Å². The van der Waals surface area contributed by atoms with E-state index in [0.29, 0.717) is 17.1 Å². The van der Waals surface area contributed by atoms with E-state index in [9.17, 15) is 4.79 Å². The second-order valence-electron chi connectivity index (χ2n) is 4.25. The summed E-state index contributed by atoms with van der Waals surface area (Å²) < 4.78 is 5.75. The second kappa shape index (κ2) is 5.92. The number of rotatable bonds is 3. The van der Waals surface area contributed by atoms with Crippen molar-refractivity contribution in [1.82, 2.24) is 4.98 Å². The Hall–Kier alpha value is -2.08. The lowest BCUT2D eigenvalue weighted by Crippen LogP contribution is -2.08. The minimum atomic E-state index is -0.485. The van der Waals surface area contributed by atoms with Gasteiger partial charge in [0.05, 0.1) is 19.0 Å². The quantitative estimate of drug-likeness (QED) is 0.842. The molecule has 2 rings (SSSR count).